The number of aliphatic hydroxyl groups excluding tert-OH is 3. The van der Waals surface area contributed by atoms with Gasteiger partial charge in [-0.1, -0.05) is 26.0 Å². The zero-order chi connectivity index (χ0) is 19.3. The molecular weight excluding hydrogens is 336 g/mol. The smallest absolute Gasteiger partial charge is 0.107 e. The Morgan fingerprint density at radius 3 is 2.38 bits per heavy atom. The van der Waals surface area contributed by atoms with E-state index in [1.807, 2.05) is 13.8 Å². The average molecular weight is 366 g/mol. The third-order valence-corrected chi connectivity index (χ3v) is 8.23. The SMILES string of the molecule is CC1=CC2C(O)(CC(CO)=CC3C4C(C)(CO)C4(O)CC(C)C32O)C1O. The van der Waals surface area contributed by atoms with Gasteiger partial charge in [0.05, 0.1) is 24.4 Å². The molecule has 0 bridgehead atoms. The molecule has 0 heterocycles. The summed E-state index contributed by atoms with van der Waals surface area (Å²) in [5, 5.41) is 64.8. The second-order valence-electron chi connectivity index (χ2n) is 9.44. The normalized spacial score (nSPS) is 58.1. The topological polar surface area (TPSA) is 121 Å². The highest BCUT2D eigenvalue weighted by Gasteiger charge is 2.82. The van der Waals surface area contributed by atoms with Crippen LogP contribution in [-0.2, 0) is 0 Å². The molecule has 6 heteroatoms. The molecular formula is C20H30O6. The van der Waals surface area contributed by atoms with Gasteiger partial charge in [0.2, 0.25) is 0 Å². The quantitative estimate of drug-likeness (QED) is 0.374. The number of rotatable bonds is 2. The van der Waals surface area contributed by atoms with Gasteiger partial charge in [0.15, 0.2) is 0 Å². The molecule has 4 aliphatic carbocycles. The lowest BCUT2D eigenvalue weighted by atomic mass is 9.60. The van der Waals surface area contributed by atoms with E-state index in [1.165, 1.54) is 0 Å². The highest BCUT2D eigenvalue weighted by Crippen LogP contribution is 2.75. The van der Waals surface area contributed by atoms with Crippen molar-refractivity contribution in [3.63, 3.8) is 0 Å². The van der Waals surface area contributed by atoms with Crippen molar-refractivity contribution in [1.82, 2.24) is 0 Å². The predicted molar refractivity (Wildman–Crippen MR) is 93.8 cm³/mol. The fourth-order valence-corrected chi connectivity index (χ4v) is 6.62. The summed E-state index contributed by atoms with van der Waals surface area (Å²) in [7, 11) is 0. The molecule has 0 spiro atoms. The molecule has 0 radical (unpaired) electrons. The largest absolute Gasteiger partial charge is 0.396 e. The van der Waals surface area contributed by atoms with Gasteiger partial charge in [0, 0.05) is 29.6 Å². The summed E-state index contributed by atoms with van der Waals surface area (Å²) in [6.07, 6.45) is 2.81. The number of hydrogen-bond acceptors (Lipinski definition) is 6. The number of hydrogen-bond donors (Lipinski definition) is 6. The van der Waals surface area contributed by atoms with Crippen molar-refractivity contribution in [3.8, 4) is 0 Å². The van der Waals surface area contributed by atoms with Crippen LogP contribution in [0.5, 0.6) is 0 Å². The first-order valence-electron chi connectivity index (χ1n) is 9.45. The van der Waals surface area contributed by atoms with Crippen molar-refractivity contribution in [3.05, 3.63) is 23.3 Å². The fraction of sp³-hybridized carbons (Fsp3) is 0.800. The number of aliphatic hydroxyl groups is 6. The van der Waals surface area contributed by atoms with E-state index >= 15 is 0 Å². The Bertz CT molecular complexity index is 702. The van der Waals surface area contributed by atoms with Gasteiger partial charge >= 0.3 is 0 Å². The van der Waals surface area contributed by atoms with Gasteiger partial charge in [-0.25, -0.2) is 0 Å². The van der Waals surface area contributed by atoms with Crippen molar-refractivity contribution < 1.29 is 30.6 Å². The van der Waals surface area contributed by atoms with Crippen LogP contribution in [0.25, 0.3) is 0 Å². The van der Waals surface area contributed by atoms with Gasteiger partial charge in [-0.3, -0.25) is 0 Å². The highest BCUT2D eigenvalue weighted by molar-refractivity contribution is 5.40. The maximum Gasteiger partial charge on any atom is 0.107 e. The summed E-state index contributed by atoms with van der Waals surface area (Å²) in [4.78, 5) is 0. The second-order valence-corrected chi connectivity index (χ2v) is 9.44. The van der Waals surface area contributed by atoms with Crippen molar-refractivity contribution in [1.29, 1.82) is 0 Å². The Labute approximate surface area is 153 Å². The second kappa shape index (κ2) is 5.19. The van der Waals surface area contributed by atoms with E-state index in [1.54, 1.807) is 19.1 Å². The standard InChI is InChI=1S/C20H30O6/c1-10-4-14-18(24,16(10)23)7-12(8-21)5-13-15-17(3,9-22)19(15,25)6-11(2)20(13,14)26/h4-5,11,13-16,21-26H,6-9H2,1-3H3. The van der Waals surface area contributed by atoms with Crippen LogP contribution in [0.2, 0.25) is 0 Å². The van der Waals surface area contributed by atoms with E-state index in [0.717, 1.165) is 0 Å². The Morgan fingerprint density at radius 2 is 1.81 bits per heavy atom. The molecule has 6 nitrogen and oxygen atoms in total. The van der Waals surface area contributed by atoms with Crippen molar-refractivity contribution in [2.24, 2.45) is 29.1 Å². The van der Waals surface area contributed by atoms with Crippen LogP contribution < -0.4 is 0 Å². The van der Waals surface area contributed by atoms with E-state index in [0.29, 0.717) is 17.6 Å². The summed E-state index contributed by atoms with van der Waals surface area (Å²) in [5.74, 6) is -1.96. The van der Waals surface area contributed by atoms with Crippen molar-refractivity contribution >= 4 is 0 Å². The molecule has 0 aromatic heterocycles. The van der Waals surface area contributed by atoms with Gasteiger partial charge in [-0.15, -0.1) is 0 Å². The summed E-state index contributed by atoms with van der Waals surface area (Å²) in [6, 6.07) is 0. The van der Waals surface area contributed by atoms with Crippen LogP contribution in [0.3, 0.4) is 0 Å². The average Bonchev–Trinajstić information content (AvgIpc) is 3.02. The Hall–Kier alpha value is -0.760. The molecule has 0 amide bonds. The van der Waals surface area contributed by atoms with Crippen LogP contribution in [-0.4, -0.2) is 66.8 Å². The molecule has 0 aromatic rings. The lowest BCUT2D eigenvalue weighted by Gasteiger charge is -2.51. The molecule has 6 N–H and O–H groups in total. The molecule has 0 aromatic carbocycles. The van der Waals surface area contributed by atoms with Gasteiger partial charge in [0.1, 0.15) is 11.7 Å². The van der Waals surface area contributed by atoms with Crippen LogP contribution in [0, 0.1) is 29.1 Å². The minimum Gasteiger partial charge on any atom is -0.396 e. The van der Waals surface area contributed by atoms with Crippen LogP contribution in [0.1, 0.15) is 33.6 Å². The molecule has 2 saturated carbocycles. The van der Waals surface area contributed by atoms with E-state index in [9.17, 15) is 30.6 Å². The van der Waals surface area contributed by atoms with Gasteiger partial charge in [0.25, 0.3) is 0 Å². The fourth-order valence-electron chi connectivity index (χ4n) is 6.62. The van der Waals surface area contributed by atoms with Crippen molar-refractivity contribution in [2.45, 2.75) is 56.5 Å². The minimum absolute atomic E-state index is 0.0652. The molecule has 4 rings (SSSR count). The van der Waals surface area contributed by atoms with Crippen LogP contribution in [0.15, 0.2) is 23.3 Å². The zero-order valence-corrected chi connectivity index (χ0v) is 15.6. The van der Waals surface area contributed by atoms with Gasteiger partial charge in [-0.05, 0) is 30.4 Å². The molecule has 26 heavy (non-hydrogen) atoms. The van der Waals surface area contributed by atoms with Crippen LogP contribution in [0.4, 0.5) is 0 Å². The Morgan fingerprint density at radius 1 is 1.15 bits per heavy atom. The maximum absolute atomic E-state index is 11.9. The molecule has 0 aliphatic heterocycles. The third kappa shape index (κ3) is 1.83. The summed E-state index contributed by atoms with van der Waals surface area (Å²) in [6.45, 7) is 4.93. The van der Waals surface area contributed by atoms with Gasteiger partial charge < -0.3 is 30.6 Å². The Balaban J connectivity index is 1.90. The third-order valence-electron chi connectivity index (χ3n) is 8.23. The molecule has 4 aliphatic rings. The first-order chi connectivity index (χ1) is 12.0. The van der Waals surface area contributed by atoms with E-state index in [2.05, 4.69) is 0 Å². The monoisotopic (exact) mass is 366 g/mol. The summed E-state index contributed by atoms with van der Waals surface area (Å²) >= 11 is 0. The first kappa shape index (κ1) is 18.6. The van der Waals surface area contributed by atoms with E-state index < -0.39 is 40.2 Å². The number of fused-ring (bicyclic) bond motifs is 5. The maximum atomic E-state index is 11.9. The minimum atomic E-state index is -1.59. The summed E-state index contributed by atoms with van der Waals surface area (Å²) < 4.78 is 0. The molecule has 0 saturated heterocycles. The summed E-state index contributed by atoms with van der Waals surface area (Å²) in [5.41, 5.74) is -3.62. The predicted octanol–water partition coefficient (Wildman–Crippen LogP) is -0.277. The molecule has 146 valence electrons. The zero-order valence-electron chi connectivity index (χ0n) is 15.6. The Kier molecular flexibility index (Phi) is 3.71. The van der Waals surface area contributed by atoms with Crippen LogP contribution >= 0.6 is 0 Å². The lowest BCUT2D eigenvalue weighted by molar-refractivity contribution is -0.189. The first-order valence-corrected chi connectivity index (χ1v) is 9.45. The van der Waals surface area contributed by atoms with E-state index in [4.69, 9.17) is 0 Å². The molecule has 9 unspecified atom stereocenters. The molecule has 9 atom stereocenters. The highest BCUT2D eigenvalue weighted by atomic mass is 16.4. The van der Waals surface area contributed by atoms with Crippen molar-refractivity contribution in [2.75, 3.05) is 13.2 Å². The molecule has 2 fully saturated rings. The van der Waals surface area contributed by atoms with E-state index in [-0.39, 0.29) is 31.5 Å². The van der Waals surface area contributed by atoms with Gasteiger partial charge in [-0.2, -0.15) is 0 Å². The lowest BCUT2D eigenvalue weighted by Crippen LogP contribution is -2.61.